The molecule has 0 aliphatic rings. The number of aryl methyl sites for hydroxylation is 1. The van der Waals surface area contributed by atoms with E-state index in [0.29, 0.717) is 16.7 Å². The lowest BCUT2D eigenvalue weighted by molar-refractivity contribution is 0.782. The number of hydrogen-bond donors (Lipinski definition) is 0. The number of rotatable bonds is 3. The van der Waals surface area contributed by atoms with Gasteiger partial charge in [0.1, 0.15) is 16.0 Å². The summed E-state index contributed by atoms with van der Waals surface area (Å²) in [5, 5.41) is 6.13. The lowest BCUT2D eigenvalue weighted by Gasteiger charge is -2.02. The highest BCUT2D eigenvalue weighted by Gasteiger charge is 2.10. The van der Waals surface area contributed by atoms with Crippen molar-refractivity contribution < 1.29 is 0 Å². The minimum Gasteiger partial charge on any atom is -0.260 e. The first-order chi connectivity index (χ1) is 9.24. The summed E-state index contributed by atoms with van der Waals surface area (Å²) in [6, 6.07) is 0. The minimum absolute atomic E-state index is 0.424. The molecule has 0 aromatic carbocycles. The number of aromatic nitrogens is 6. The van der Waals surface area contributed by atoms with E-state index in [2.05, 4.69) is 25.0 Å². The molecule has 3 heterocycles. The third-order valence-corrected chi connectivity index (χ3v) is 3.68. The SMILES string of the molecule is Cn1ncc2c(Cl)nc(CSc3cnccn3)nc21. The molecule has 3 aromatic rings. The van der Waals surface area contributed by atoms with Crippen LogP contribution in [0, 0.1) is 0 Å². The molecular formula is C11H9ClN6S. The van der Waals surface area contributed by atoms with Gasteiger partial charge in [-0.25, -0.2) is 15.0 Å². The molecule has 0 radical (unpaired) electrons. The molecule has 8 heteroatoms. The molecule has 19 heavy (non-hydrogen) atoms. The number of nitrogens with zero attached hydrogens (tertiary/aromatic N) is 6. The summed E-state index contributed by atoms with van der Waals surface area (Å²) in [6.45, 7) is 0. The molecule has 0 amide bonds. The van der Waals surface area contributed by atoms with Gasteiger partial charge in [0.2, 0.25) is 0 Å². The average Bonchev–Trinajstić information content (AvgIpc) is 2.80. The molecule has 3 aromatic heterocycles. The maximum atomic E-state index is 6.12. The van der Waals surface area contributed by atoms with Gasteiger partial charge in [-0.05, 0) is 0 Å². The Morgan fingerprint density at radius 3 is 2.95 bits per heavy atom. The molecule has 0 saturated heterocycles. The maximum absolute atomic E-state index is 6.12. The molecule has 0 spiro atoms. The van der Waals surface area contributed by atoms with Gasteiger partial charge in [-0.2, -0.15) is 5.10 Å². The largest absolute Gasteiger partial charge is 0.260 e. The zero-order chi connectivity index (χ0) is 13.2. The summed E-state index contributed by atoms with van der Waals surface area (Å²) in [5.41, 5.74) is 0.731. The highest BCUT2D eigenvalue weighted by Crippen LogP contribution is 2.23. The first-order valence-corrected chi connectivity index (χ1v) is 6.83. The van der Waals surface area contributed by atoms with Crippen LogP contribution in [0.4, 0.5) is 0 Å². The van der Waals surface area contributed by atoms with Crippen molar-refractivity contribution >= 4 is 34.4 Å². The second kappa shape index (κ2) is 5.10. The number of hydrogen-bond acceptors (Lipinski definition) is 6. The molecule has 0 fully saturated rings. The predicted molar refractivity (Wildman–Crippen MR) is 72.9 cm³/mol. The van der Waals surface area contributed by atoms with Crippen LogP contribution in [-0.2, 0) is 12.8 Å². The summed E-state index contributed by atoms with van der Waals surface area (Å²) < 4.78 is 1.68. The van der Waals surface area contributed by atoms with Crippen LogP contribution < -0.4 is 0 Å². The Bertz CT molecular complexity index is 714. The van der Waals surface area contributed by atoms with E-state index >= 15 is 0 Å². The molecule has 96 valence electrons. The van der Waals surface area contributed by atoms with Crippen LogP contribution >= 0.6 is 23.4 Å². The predicted octanol–water partition coefficient (Wildman–Crippen LogP) is 2.10. The number of fused-ring (bicyclic) bond motifs is 1. The van der Waals surface area contributed by atoms with Gasteiger partial charge in [-0.3, -0.25) is 9.67 Å². The fourth-order valence-corrected chi connectivity index (χ4v) is 2.50. The van der Waals surface area contributed by atoms with E-state index in [1.165, 1.54) is 11.8 Å². The minimum atomic E-state index is 0.424. The van der Waals surface area contributed by atoms with Crippen LogP contribution in [0.5, 0.6) is 0 Å². The van der Waals surface area contributed by atoms with Crippen molar-refractivity contribution in [2.75, 3.05) is 0 Å². The molecule has 3 rings (SSSR count). The van der Waals surface area contributed by atoms with Crippen LogP contribution in [0.1, 0.15) is 5.82 Å². The van der Waals surface area contributed by atoms with Crippen LogP contribution in [0.2, 0.25) is 5.15 Å². The fourth-order valence-electron chi connectivity index (χ4n) is 1.59. The summed E-state index contributed by atoms with van der Waals surface area (Å²) in [7, 11) is 1.82. The Morgan fingerprint density at radius 2 is 2.16 bits per heavy atom. The van der Waals surface area contributed by atoms with Crippen molar-refractivity contribution in [2.24, 2.45) is 7.05 Å². The van der Waals surface area contributed by atoms with Crippen molar-refractivity contribution in [1.82, 2.24) is 29.7 Å². The van der Waals surface area contributed by atoms with Gasteiger partial charge in [0.15, 0.2) is 5.65 Å². The molecule has 0 saturated carbocycles. The Kier molecular flexibility index (Phi) is 3.31. The Balaban J connectivity index is 1.87. The van der Waals surface area contributed by atoms with Crippen molar-refractivity contribution in [3.63, 3.8) is 0 Å². The van der Waals surface area contributed by atoms with Gasteiger partial charge in [0.25, 0.3) is 0 Å². The van der Waals surface area contributed by atoms with Gasteiger partial charge < -0.3 is 0 Å². The van der Waals surface area contributed by atoms with E-state index in [1.54, 1.807) is 29.5 Å². The fraction of sp³-hybridized carbons (Fsp3) is 0.182. The molecule has 6 nitrogen and oxygen atoms in total. The zero-order valence-electron chi connectivity index (χ0n) is 9.99. The van der Waals surface area contributed by atoms with E-state index < -0.39 is 0 Å². The normalized spacial score (nSPS) is 11.1. The van der Waals surface area contributed by atoms with E-state index in [0.717, 1.165) is 16.1 Å². The lowest BCUT2D eigenvalue weighted by atomic mass is 10.4. The van der Waals surface area contributed by atoms with Crippen molar-refractivity contribution in [3.05, 3.63) is 35.8 Å². The molecule has 0 atom stereocenters. The zero-order valence-corrected chi connectivity index (χ0v) is 11.6. The first-order valence-electron chi connectivity index (χ1n) is 5.47. The van der Waals surface area contributed by atoms with E-state index in [9.17, 15) is 0 Å². The Labute approximate surface area is 118 Å². The van der Waals surface area contributed by atoms with Gasteiger partial charge in [0, 0.05) is 19.4 Å². The van der Waals surface area contributed by atoms with Gasteiger partial charge in [-0.1, -0.05) is 23.4 Å². The van der Waals surface area contributed by atoms with Crippen LogP contribution in [0.15, 0.2) is 29.8 Å². The quantitative estimate of drug-likeness (QED) is 0.544. The second-order valence-electron chi connectivity index (χ2n) is 3.77. The van der Waals surface area contributed by atoms with Crippen molar-refractivity contribution in [1.29, 1.82) is 0 Å². The third-order valence-electron chi connectivity index (χ3n) is 2.48. The standard InChI is InChI=1S/C11H9ClN6S/c1-18-11-7(4-15-18)10(12)16-8(17-11)6-19-9-5-13-2-3-14-9/h2-5H,6H2,1H3. The Morgan fingerprint density at radius 1 is 1.26 bits per heavy atom. The maximum Gasteiger partial charge on any atom is 0.162 e. The first kappa shape index (κ1) is 12.3. The smallest absolute Gasteiger partial charge is 0.162 e. The van der Waals surface area contributed by atoms with Gasteiger partial charge in [-0.15, -0.1) is 0 Å². The van der Waals surface area contributed by atoms with Crippen LogP contribution in [-0.4, -0.2) is 29.7 Å². The molecule has 0 aliphatic heterocycles. The highest BCUT2D eigenvalue weighted by atomic mass is 35.5. The van der Waals surface area contributed by atoms with E-state index in [-0.39, 0.29) is 0 Å². The van der Waals surface area contributed by atoms with E-state index in [4.69, 9.17) is 11.6 Å². The van der Waals surface area contributed by atoms with Crippen molar-refractivity contribution in [2.45, 2.75) is 10.8 Å². The third kappa shape index (κ3) is 2.52. The van der Waals surface area contributed by atoms with Crippen molar-refractivity contribution in [3.8, 4) is 0 Å². The summed E-state index contributed by atoms with van der Waals surface area (Å²) in [6.07, 6.45) is 6.66. The van der Waals surface area contributed by atoms with Gasteiger partial charge >= 0.3 is 0 Å². The summed E-state index contributed by atoms with van der Waals surface area (Å²) >= 11 is 7.63. The highest BCUT2D eigenvalue weighted by molar-refractivity contribution is 7.98. The van der Waals surface area contributed by atoms with Crippen LogP contribution in [0.3, 0.4) is 0 Å². The number of thioether (sulfide) groups is 1. The molecule has 0 aliphatic carbocycles. The monoisotopic (exact) mass is 292 g/mol. The summed E-state index contributed by atoms with van der Waals surface area (Å²) in [5.74, 6) is 1.23. The van der Waals surface area contributed by atoms with E-state index in [1.807, 2.05) is 7.05 Å². The molecular weight excluding hydrogens is 284 g/mol. The molecule has 0 bridgehead atoms. The lowest BCUT2D eigenvalue weighted by Crippen LogP contribution is -1.98. The Hall–Kier alpha value is -1.73. The average molecular weight is 293 g/mol. The number of halogens is 1. The molecule has 0 unspecified atom stereocenters. The summed E-state index contributed by atoms with van der Waals surface area (Å²) in [4.78, 5) is 16.9. The second-order valence-corrected chi connectivity index (χ2v) is 5.12. The van der Waals surface area contributed by atoms with Gasteiger partial charge in [0.05, 0.1) is 23.5 Å². The topological polar surface area (TPSA) is 69.4 Å². The van der Waals surface area contributed by atoms with Crippen LogP contribution in [0.25, 0.3) is 11.0 Å². The molecule has 0 N–H and O–H groups in total.